The van der Waals surface area contributed by atoms with Crippen LogP contribution in [0.5, 0.6) is 11.5 Å². The van der Waals surface area contributed by atoms with E-state index in [1.165, 1.54) is 14.2 Å². The third kappa shape index (κ3) is 3.93. The maximum absolute atomic E-state index is 13.0. The van der Waals surface area contributed by atoms with Crippen LogP contribution in [0.1, 0.15) is 17.3 Å². The van der Waals surface area contributed by atoms with Crippen LogP contribution in [0.3, 0.4) is 0 Å². The third-order valence-electron chi connectivity index (χ3n) is 4.65. The fourth-order valence-corrected chi connectivity index (χ4v) is 3.39. The maximum Gasteiger partial charge on any atom is 0.254 e. The first kappa shape index (κ1) is 19.2. The maximum atomic E-state index is 13.0. The summed E-state index contributed by atoms with van der Waals surface area (Å²) in [5.74, 6) is 0.741. The van der Waals surface area contributed by atoms with E-state index in [2.05, 4.69) is 15.9 Å². The molecule has 1 atom stereocenters. The van der Waals surface area contributed by atoms with E-state index in [0.29, 0.717) is 30.2 Å². The number of nitrogens with zero attached hydrogens (tertiary/aromatic N) is 2. The summed E-state index contributed by atoms with van der Waals surface area (Å²) in [5, 5.41) is 0. The summed E-state index contributed by atoms with van der Waals surface area (Å²) in [6.45, 7) is 2.64. The summed E-state index contributed by atoms with van der Waals surface area (Å²) >= 11 is 3.40. The smallest absolute Gasteiger partial charge is 0.254 e. The highest BCUT2D eigenvalue weighted by Gasteiger charge is 2.35. The van der Waals surface area contributed by atoms with E-state index < -0.39 is 6.04 Å². The van der Waals surface area contributed by atoms with Crippen LogP contribution in [-0.4, -0.2) is 50.1 Å². The van der Waals surface area contributed by atoms with Crippen LogP contribution in [0.15, 0.2) is 46.9 Å². The Morgan fingerprint density at radius 1 is 1.04 bits per heavy atom. The Kier molecular flexibility index (Phi) is 5.70. The molecule has 1 fully saturated rings. The van der Waals surface area contributed by atoms with Crippen molar-refractivity contribution in [1.29, 1.82) is 0 Å². The fraction of sp³-hybridized carbons (Fsp3) is 0.300. The third-order valence-corrected chi connectivity index (χ3v) is 5.18. The first-order valence-corrected chi connectivity index (χ1v) is 9.35. The van der Waals surface area contributed by atoms with Crippen molar-refractivity contribution in [2.45, 2.75) is 13.0 Å². The van der Waals surface area contributed by atoms with Crippen LogP contribution in [0, 0.1) is 0 Å². The van der Waals surface area contributed by atoms with Gasteiger partial charge in [0.2, 0.25) is 5.91 Å². The number of carbonyl (C=O) groups excluding carboxylic acids is 2. The Labute approximate surface area is 166 Å². The normalized spacial score (nSPS) is 17.0. The van der Waals surface area contributed by atoms with Crippen molar-refractivity contribution < 1.29 is 19.1 Å². The number of anilines is 1. The van der Waals surface area contributed by atoms with Crippen molar-refractivity contribution in [3.05, 3.63) is 52.5 Å². The van der Waals surface area contributed by atoms with Crippen LogP contribution >= 0.6 is 15.9 Å². The van der Waals surface area contributed by atoms with E-state index in [-0.39, 0.29) is 11.8 Å². The largest absolute Gasteiger partial charge is 0.497 e. The lowest BCUT2D eigenvalue weighted by Crippen LogP contribution is -2.57. The summed E-state index contributed by atoms with van der Waals surface area (Å²) in [4.78, 5) is 29.2. The first-order chi connectivity index (χ1) is 12.9. The van der Waals surface area contributed by atoms with Gasteiger partial charge in [-0.05, 0) is 43.3 Å². The van der Waals surface area contributed by atoms with Gasteiger partial charge < -0.3 is 19.3 Å². The van der Waals surface area contributed by atoms with E-state index in [1.54, 1.807) is 34.9 Å². The second-order valence-electron chi connectivity index (χ2n) is 6.24. The number of carbonyl (C=O) groups is 2. The molecule has 2 amide bonds. The molecule has 1 saturated heterocycles. The topological polar surface area (TPSA) is 59.1 Å². The zero-order valence-corrected chi connectivity index (χ0v) is 17.0. The highest BCUT2D eigenvalue weighted by Crippen LogP contribution is 2.26. The zero-order valence-electron chi connectivity index (χ0n) is 15.4. The highest BCUT2D eigenvalue weighted by molar-refractivity contribution is 9.10. The van der Waals surface area contributed by atoms with Gasteiger partial charge in [0.05, 0.1) is 14.2 Å². The standard InChI is InChI=1S/C20H21BrN2O4/c1-13-19(24)23(16-6-4-15(21)5-7-16)9-8-22(13)20(25)14-10-17(26-2)12-18(11-14)27-3/h4-7,10-13H,8-9H2,1-3H3. The van der Waals surface area contributed by atoms with Crippen molar-refractivity contribution in [3.8, 4) is 11.5 Å². The molecule has 0 aromatic heterocycles. The predicted octanol–water partition coefficient (Wildman–Crippen LogP) is 3.34. The Balaban J connectivity index is 1.82. The molecule has 0 aliphatic carbocycles. The van der Waals surface area contributed by atoms with Crippen LogP contribution in [-0.2, 0) is 4.79 Å². The van der Waals surface area contributed by atoms with Crippen molar-refractivity contribution in [3.63, 3.8) is 0 Å². The summed E-state index contributed by atoms with van der Waals surface area (Å²) in [6.07, 6.45) is 0. The van der Waals surface area contributed by atoms with E-state index in [4.69, 9.17) is 9.47 Å². The average Bonchev–Trinajstić information content (AvgIpc) is 2.70. The molecule has 0 saturated carbocycles. The number of rotatable bonds is 4. The van der Waals surface area contributed by atoms with Gasteiger partial charge in [-0.15, -0.1) is 0 Å². The van der Waals surface area contributed by atoms with Gasteiger partial charge in [0.15, 0.2) is 0 Å². The summed E-state index contributed by atoms with van der Waals surface area (Å²) in [6, 6.07) is 12.0. The molecule has 7 heteroatoms. The minimum absolute atomic E-state index is 0.105. The van der Waals surface area contributed by atoms with E-state index in [0.717, 1.165) is 10.2 Å². The Morgan fingerprint density at radius 3 is 2.19 bits per heavy atom. The molecule has 1 unspecified atom stereocenters. The van der Waals surface area contributed by atoms with Gasteiger partial charge in [-0.25, -0.2) is 0 Å². The summed E-state index contributed by atoms with van der Waals surface area (Å²) in [5.41, 5.74) is 1.26. The molecular weight excluding hydrogens is 412 g/mol. The molecule has 2 aromatic carbocycles. The molecule has 0 bridgehead atoms. The first-order valence-electron chi connectivity index (χ1n) is 8.55. The van der Waals surface area contributed by atoms with Crippen molar-refractivity contribution >= 4 is 33.4 Å². The molecule has 2 aromatic rings. The second-order valence-corrected chi connectivity index (χ2v) is 7.16. The molecule has 0 radical (unpaired) electrons. The minimum Gasteiger partial charge on any atom is -0.497 e. The average molecular weight is 433 g/mol. The Hall–Kier alpha value is -2.54. The molecule has 3 rings (SSSR count). The molecule has 27 heavy (non-hydrogen) atoms. The van der Waals surface area contributed by atoms with Gasteiger partial charge in [0.1, 0.15) is 17.5 Å². The van der Waals surface area contributed by atoms with Gasteiger partial charge in [-0.2, -0.15) is 0 Å². The summed E-state index contributed by atoms with van der Waals surface area (Å²) in [7, 11) is 3.07. The molecule has 1 heterocycles. The molecule has 142 valence electrons. The molecule has 6 nitrogen and oxygen atoms in total. The molecule has 0 spiro atoms. The van der Waals surface area contributed by atoms with Gasteiger partial charge in [-0.3, -0.25) is 9.59 Å². The summed E-state index contributed by atoms with van der Waals surface area (Å²) < 4.78 is 11.4. The number of benzene rings is 2. The van der Waals surface area contributed by atoms with E-state index in [9.17, 15) is 9.59 Å². The van der Waals surface area contributed by atoms with Crippen LogP contribution < -0.4 is 14.4 Å². The van der Waals surface area contributed by atoms with Crippen LogP contribution in [0.2, 0.25) is 0 Å². The Morgan fingerprint density at radius 2 is 1.63 bits per heavy atom. The number of hydrogen-bond donors (Lipinski definition) is 0. The minimum atomic E-state index is -0.563. The number of methoxy groups -OCH3 is 2. The number of amides is 2. The van der Waals surface area contributed by atoms with E-state index in [1.807, 2.05) is 24.3 Å². The number of hydrogen-bond acceptors (Lipinski definition) is 4. The highest BCUT2D eigenvalue weighted by atomic mass is 79.9. The zero-order chi connectivity index (χ0) is 19.6. The van der Waals surface area contributed by atoms with Crippen molar-refractivity contribution in [2.24, 2.45) is 0 Å². The molecule has 1 aliphatic rings. The van der Waals surface area contributed by atoms with Gasteiger partial charge in [-0.1, -0.05) is 15.9 Å². The van der Waals surface area contributed by atoms with Gasteiger partial charge in [0, 0.05) is 34.9 Å². The number of halogens is 1. The van der Waals surface area contributed by atoms with Crippen LogP contribution in [0.4, 0.5) is 5.69 Å². The second kappa shape index (κ2) is 8.00. The monoisotopic (exact) mass is 432 g/mol. The lowest BCUT2D eigenvalue weighted by Gasteiger charge is -2.39. The van der Waals surface area contributed by atoms with Gasteiger partial charge >= 0.3 is 0 Å². The number of piperazine rings is 1. The SMILES string of the molecule is COc1cc(OC)cc(C(=O)N2CCN(c3ccc(Br)cc3)C(=O)C2C)c1. The van der Waals surface area contributed by atoms with Crippen molar-refractivity contribution in [2.75, 3.05) is 32.2 Å². The van der Waals surface area contributed by atoms with Crippen molar-refractivity contribution in [1.82, 2.24) is 4.90 Å². The van der Waals surface area contributed by atoms with Crippen LogP contribution in [0.25, 0.3) is 0 Å². The predicted molar refractivity (Wildman–Crippen MR) is 107 cm³/mol. The quantitative estimate of drug-likeness (QED) is 0.742. The fourth-order valence-electron chi connectivity index (χ4n) is 3.12. The Bertz CT molecular complexity index is 831. The molecule has 0 N–H and O–H groups in total. The lowest BCUT2D eigenvalue weighted by molar-refractivity contribution is -0.124. The molecule has 1 aliphatic heterocycles. The van der Waals surface area contributed by atoms with Gasteiger partial charge in [0.25, 0.3) is 5.91 Å². The number of ether oxygens (including phenoxy) is 2. The lowest BCUT2D eigenvalue weighted by atomic mass is 10.1. The molecular formula is C20H21BrN2O4. The van der Waals surface area contributed by atoms with E-state index >= 15 is 0 Å².